The fraction of sp³-hybridized carbons (Fsp3) is 0.0526. The lowest BCUT2D eigenvalue weighted by Gasteiger charge is -2.14. The Morgan fingerprint density at radius 1 is 1.08 bits per heavy atom. The van der Waals surface area contributed by atoms with Crippen molar-refractivity contribution >= 4 is 38.2 Å². The number of carboxylic acid groups (broad SMARTS) is 1. The highest BCUT2D eigenvalue weighted by molar-refractivity contribution is 9.10. The first-order valence-electron chi connectivity index (χ1n) is 7.65. The van der Waals surface area contributed by atoms with Crippen molar-refractivity contribution in [2.24, 2.45) is 0 Å². The highest BCUT2D eigenvalue weighted by Crippen LogP contribution is 2.37. The third-order valence-electron chi connectivity index (χ3n) is 4.03. The van der Waals surface area contributed by atoms with E-state index in [1.165, 1.54) is 6.20 Å². The largest absolute Gasteiger partial charge is 0.485 e. The molecule has 0 aliphatic heterocycles. The van der Waals surface area contributed by atoms with Crippen molar-refractivity contribution in [3.05, 3.63) is 76.5 Å². The van der Waals surface area contributed by atoms with Crippen LogP contribution in [0.4, 0.5) is 0 Å². The predicted octanol–water partition coefficient (Wildman–Crippen LogP) is 4.53. The number of fused-ring (bicyclic) bond motifs is 3. The second-order valence-corrected chi connectivity index (χ2v) is 6.31. The van der Waals surface area contributed by atoms with Gasteiger partial charge in [0, 0.05) is 10.8 Å². The zero-order chi connectivity index (χ0) is 17.4. The average molecular weight is 397 g/mol. The molecule has 6 heteroatoms. The van der Waals surface area contributed by atoms with Crippen molar-refractivity contribution in [3.8, 4) is 5.75 Å². The molecule has 0 atom stereocenters. The number of aromatic nitrogens is 2. The molecule has 0 unspecified atom stereocenters. The van der Waals surface area contributed by atoms with Crippen LogP contribution in [-0.4, -0.2) is 20.7 Å². The Bertz CT molecular complexity index is 1090. The first-order valence-corrected chi connectivity index (χ1v) is 8.44. The van der Waals surface area contributed by atoms with Crippen LogP contribution in [0, 0.1) is 0 Å². The number of benzene rings is 2. The number of pyridine rings is 1. The van der Waals surface area contributed by atoms with Crippen molar-refractivity contribution in [2.75, 3.05) is 0 Å². The maximum Gasteiger partial charge on any atom is 0.339 e. The third-order valence-corrected chi connectivity index (χ3v) is 4.72. The highest BCUT2D eigenvalue weighted by Gasteiger charge is 2.20. The molecular formula is C19H13BrN2O3. The summed E-state index contributed by atoms with van der Waals surface area (Å²) < 4.78 is 8.21. The molecular weight excluding hydrogens is 384 g/mol. The zero-order valence-electron chi connectivity index (χ0n) is 13.0. The second-order valence-electron chi connectivity index (χ2n) is 5.56. The van der Waals surface area contributed by atoms with Gasteiger partial charge in [-0.2, -0.15) is 5.10 Å². The number of nitrogens with zero attached hydrogens (tertiary/aromatic N) is 2. The molecule has 0 amide bonds. The van der Waals surface area contributed by atoms with Gasteiger partial charge in [0.1, 0.15) is 12.2 Å². The van der Waals surface area contributed by atoms with Gasteiger partial charge < -0.3 is 9.84 Å². The first kappa shape index (κ1) is 15.7. The molecule has 2 aromatic heterocycles. The lowest BCUT2D eigenvalue weighted by Crippen LogP contribution is -2.02. The summed E-state index contributed by atoms with van der Waals surface area (Å²) in [6, 6.07) is 17.4. The van der Waals surface area contributed by atoms with Gasteiger partial charge in [0.25, 0.3) is 0 Å². The van der Waals surface area contributed by atoms with E-state index in [2.05, 4.69) is 21.0 Å². The lowest BCUT2D eigenvalue weighted by atomic mass is 10.1. The van der Waals surface area contributed by atoms with Gasteiger partial charge in [0.15, 0.2) is 10.4 Å². The van der Waals surface area contributed by atoms with Crippen molar-refractivity contribution in [1.29, 1.82) is 0 Å². The van der Waals surface area contributed by atoms with Crippen LogP contribution >= 0.6 is 15.9 Å². The minimum Gasteiger partial charge on any atom is -0.485 e. The number of hydrogen-bond acceptors (Lipinski definition) is 3. The summed E-state index contributed by atoms with van der Waals surface area (Å²) in [7, 11) is 0. The quantitative estimate of drug-likeness (QED) is 0.514. The van der Waals surface area contributed by atoms with Crippen molar-refractivity contribution in [3.63, 3.8) is 0 Å². The van der Waals surface area contributed by atoms with Gasteiger partial charge in [-0.1, -0.05) is 54.6 Å². The number of ether oxygens (including phenoxy) is 1. The molecule has 4 rings (SSSR count). The Labute approximate surface area is 151 Å². The molecule has 25 heavy (non-hydrogen) atoms. The Kier molecular flexibility index (Phi) is 3.89. The molecule has 5 nitrogen and oxygen atoms in total. The van der Waals surface area contributed by atoms with Gasteiger partial charge in [-0.05, 0) is 21.5 Å². The lowest BCUT2D eigenvalue weighted by molar-refractivity contribution is 0.0699. The molecule has 0 spiro atoms. The minimum atomic E-state index is -1.01. The normalized spacial score (nSPS) is 11.1. The number of carbonyl (C=O) groups is 1. The molecule has 1 N–H and O–H groups in total. The van der Waals surface area contributed by atoms with E-state index in [1.54, 1.807) is 4.52 Å². The average Bonchev–Trinajstić information content (AvgIpc) is 3.08. The number of carboxylic acids is 1. The number of hydrogen-bond donors (Lipinski definition) is 1. The van der Waals surface area contributed by atoms with E-state index in [0.29, 0.717) is 22.5 Å². The third kappa shape index (κ3) is 2.64. The van der Waals surface area contributed by atoms with Crippen LogP contribution in [0.1, 0.15) is 15.9 Å². The van der Waals surface area contributed by atoms with Crippen molar-refractivity contribution in [1.82, 2.24) is 9.61 Å². The first-order chi connectivity index (χ1) is 12.2. The predicted molar refractivity (Wildman–Crippen MR) is 98.1 cm³/mol. The van der Waals surface area contributed by atoms with Crippen molar-refractivity contribution in [2.45, 2.75) is 6.61 Å². The van der Waals surface area contributed by atoms with Crippen LogP contribution in [-0.2, 0) is 6.61 Å². The van der Waals surface area contributed by atoms with Crippen LogP contribution in [0.25, 0.3) is 16.3 Å². The van der Waals surface area contributed by atoms with Crippen LogP contribution in [0.5, 0.6) is 5.75 Å². The van der Waals surface area contributed by atoms with Gasteiger partial charge >= 0.3 is 5.97 Å². The monoisotopic (exact) mass is 396 g/mol. The standard InChI is InChI=1S/C19H13BrN2O3/c20-18-17(25-11-12-6-2-1-3-7-12)14-9-5-4-8-13(14)16-15(19(23)24)10-21-22(16)18/h1-10H,11H2,(H,23,24). The van der Waals surface area contributed by atoms with Gasteiger partial charge in [-0.25, -0.2) is 9.31 Å². The van der Waals surface area contributed by atoms with Crippen molar-refractivity contribution < 1.29 is 14.6 Å². The maximum absolute atomic E-state index is 11.5. The maximum atomic E-state index is 11.5. The number of aromatic carboxylic acids is 1. The summed E-state index contributed by atoms with van der Waals surface area (Å²) >= 11 is 3.52. The minimum absolute atomic E-state index is 0.159. The summed E-state index contributed by atoms with van der Waals surface area (Å²) in [6.07, 6.45) is 1.36. The zero-order valence-corrected chi connectivity index (χ0v) is 14.6. The van der Waals surface area contributed by atoms with Gasteiger partial charge in [-0.3, -0.25) is 0 Å². The fourth-order valence-electron chi connectivity index (χ4n) is 2.87. The number of rotatable bonds is 4. The van der Waals surface area contributed by atoms with E-state index in [0.717, 1.165) is 16.3 Å². The van der Waals surface area contributed by atoms with Crippen LogP contribution < -0.4 is 4.74 Å². The summed E-state index contributed by atoms with van der Waals surface area (Å²) in [6.45, 7) is 0.405. The Balaban J connectivity index is 1.91. The Morgan fingerprint density at radius 2 is 1.76 bits per heavy atom. The van der Waals surface area contributed by atoms with Crippen LogP contribution in [0.2, 0.25) is 0 Å². The van der Waals surface area contributed by atoms with E-state index in [-0.39, 0.29) is 5.56 Å². The molecule has 2 heterocycles. The molecule has 124 valence electrons. The smallest absolute Gasteiger partial charge is 0.339 e. The second kappa shape index (κ2) is 6.22. The summed E-state index contributed by atoms with van der Waals surface area (Å²) in [4.78, 5) is 11.5. The van der Waals surface area contributed by atoms with Gasteiger partial charge in [-0.15, -0.1) is 0 Å². The molecule has 0 saturated heterocycles. The van der Waals surface area contributed by atoms with Gasteiger partial charge in [0.05, 0.1) is 11.7 Å². The van der Waals surface area contributed by atoms with E-state index >= 15 is 0 Å². The highest BCUT2D eigenvalue weighted by atomic mass is 79.9. The van der Waals surface area contributed by atoms with Crippen LogP contribution in [0.3, 0.4) is 0 Å². The van der Waals surface area contributed by atoms with Crippen LogP contribution in [0.15, 0.2) is 65.4 Å². The summed E-state index contributed by atoms with van der Waals surface area (Å²) in [5.41, 5.74) is 1.75. The Morgan fingerprint density at radius 3 is 2.48 bits per heavy atom. The molecule has 0 aliphatic rings. The molecule has 0 radical (unpaired) electrons. The topological polar surface area (TPSA) is 63.8 Å². The van der Waals surface area contributed by atoms with Gasteiger partial charge in [0.2, 0.25) is 0 Å². The van der Waals surface area contributed by atoms with E-state index in [4.69, 9.17) is 4.74 Å². The number of halogens is 1. The molecule has 0 aliphatic carbocycles. The molecule has 0 fully saturated rings. The van der Waals surface area contributed by atoms with E-state index in [9.17, 15) is 9.90 Å². The summed E-state index contributed by atoms with van der Waals surface area (Å²) in [5, 5.41) is 15.3. The molecule has 0 saturated carbocycles. The molecule has 4 aromatic rings. The summed E-state index contributed by atoms with van der Waals surface area (Å²) in [5.74, 6) is -0.378. The fourth-order valence-corrected chi connectivity index (χ4v) is 3.47. The SMILES string of the molecule is O=C(O)c1cnn2c(Br)c(OCc3ccccc3)c3ccccc3c12. The van der Waals surface area contributed by atoms with E-state index < -0.39 is 5.97 Å². The Hall–Kier alpha value is -2.86. The molecule has 2 aromatic carbocycles. The van der Waals surface area contributed by atoms with E-state index in [1.807, 2.05) is 54.6 Å². The molecule has 0 bridgehead atoms.